The van der Waals surface area contributed by atoms with Crippen molar-refractivity contribution >= 4 is 11.4 Å². The number of hydrogen-bond donors (Lipinski definition) is 1. The van der Waals surface area contributed by atoms with E-state index in [2.05, 4.69) is 35.1 Å². The van der Waals surface area contributed by atoms with E-state index in [1.807, 2.05) is 13.0 Å². The summed E-state index contributed by atoms with van der Waals surface area (Å²) < 4.78 is 0. The predicted molar refractivity (Wildman–Crippen MR) is 78.4 cm³/mol. The molecule has 1 aliphatic heterocycles. The normalized spacial score (nSPS) is 16.7. The summed E-state index contributed by atoms with van der Waals surface area (Å²) in [6.45, 7) is 3.03. The van der Waals surface area contributed by atoms with Gasteiger partial charge in [0, 0.05) is 37.6 Å². The number of anilines is 1. The molecule has 3 nitrogen and oxygen atoms in total. The minimum atomic E-state index is 0.783. The molecule has 1 aromatic carbocycles. The quantitative estimate of drug-likeness (QED) is 0.810. The van der Waals surface area contributed by atoms with Crippen LogP contribution in [0.15, 0.2) is 35.0 Å². The molecule has 18 heavy (non-hydrogen) atoms. The summed E-state index contributed by atoms with van der Waals surface area (Å²) >= 11 is 0. The lowest BCUT2D eigenvalue weighted by Gasteiger charge is -2.27. The van der Waals surface area contributed by atoms with Gasteiger partial charge in [-0.15, -0.1) is 0 Å². The first kappa shape index (κ1) is 12.7. The standard InChI is InChI=1S/C15H21N3/c1-11(16)9-14(17-2)12-6-7-15-13(10-12)5-4-8-18(15)3/h6-7,9-10H,4-5,8,16H2,1-3H3. The number of aliphatic imine (C=N–C) groups is 1. The highest BCUT2D eigenvalue weighted by atomic mass is 15.1. The average molecular weight is 243 g/mol. The maximum absolute atomic E-state index is 5.74. The molecule has 0 atom stereocenters. The zero-order chi connectivity index (χ0) is 13.1. The maximum Gasteiger partial charge on any atom is 0.0660 e. The van der Waals surface area contributed by atoms with Crippen LogP contribution in [0.4, 0.5) is 5.69 Å². The molecule has 1 aliphatic rings. The van der Waals surface area contributed by atoms with Gasteiger partial charge in [-0.05, 0) is 43.5 Å². The molecule has 0 amide bonds. The van der Waals surface area contributed by atoms with Crippen LogP contribution in [0.1, 0.15) is 24.5 Å². The van der Waals surface area contributed by atoms with E-state index >= 15 is 0 Å². The van der Waals surface area contributed by atoms with E-state index in [9.17, 15) is 0 Å². The van der Waals surface area contributed by atoms with Gasteiger partial charge in [0.25, 0.3) is 0 Å². The second kappa shape index (κ2) is 5.25. The molecule has 0 aromatic heterocycles. The van der Waals surface area contributed by atoms with E-state index in [0.29, 0.717) is 0 Å². The molecule has 0 saturated heterocycles. The minimum Gasteiger partial charge on any atom is -0.402 e. The largest absolute Gasteiger partial charge is 0.402 e. The average Bonchev–Trinajstić information content (AvgIpc) is 2.35. The molecule has 0 spiro atoms. The zero-order valence-electron chi connectivity index (χ0n) is 11.4. The second-order valence-corrected chi connectivity index (χ2v) is 4.87. The van der Waals surface area contributed by atoms with Gasteiger partial charge in [-0.3, -0.25) is 4.99 Å². The highest BCUT2D eigenvalue weighted by Gasteiger charge is 2.14. The second-order valence-electron chi connectivity index (χ2n) is 4.87. The van der Waals surface area contributed by atoms with Crippen LogP contribution >= 0.6 is 0 Å². The summed E-state index contributed by atoms with van der Waals surface area (Å²) in [6, 6.07) is 6.56. The fraction of sp³-hybridized carbons (Fsp3) is 0.400. The van der Waals surface area contributed by atoms with Crippen LogP contribution in [0.5, 0.6) is 0 Å². The highest BCUT2D eigenvalue weighted by molar-refractivity contribution is 6.09. The van der Waals surface area contributed by atoms with Gasteiger partial charge in [0.1, 0.15) is 0 Å². The fourth-order valence-electron chi connectivity index (χ4n) is 2.44. The molecule has 0 radical (unpaired) electrons. The summed E-state index contributed by atoms with van der Waals surface area (Å²) in [4.78, 5) is 6.63. The SMILES string of the molecule is CN=C(C=C(C)N)c1ccc2c(c1)CCCN2C. The summed E-state index contributed by atoms with van der Waals surface area (Å²) in [5.74, 6) is 0. The van der Waals surface area contributed by atoms with Crippen molar-refractivity contribution in [3.8, 4) is 0 Å². The zero-order valence-corrected chi connectivity index (χ0v) is 11.4. The van der Waals surface area contributed by atoms with Gasteiger partial charge in [0.15, 0.2) is 0 Å². The number of nitrogens with two attached hydrogens (primary N) is 1. The number of aryl methyl sites for hydroxylation is 1. The maximum atomic E-state index is 5.74. The molecular formula is C15H21N3. The molecule has 1 aromatic rings. The molecule has 2 N–H and O–H groups in total. The van der Waals surface area contributed by atoms with E-state index in [4.69, 9.17) is 5.73 Å². The molecule has 0 saturated carbocycles. The first-order valence-corrected chi connectivity index (χ1v) is 6.37. The fourth-order valence-corrected chi connectivity index (χ4v) is 2.44. The molecule has 3 heteroatoms. The van der Waals surface area contributed by atoms with Gasteiger partial charge in [-0.1, -0.05) is 6.07 Å². The number of rotatable bonds is 2. The van der Waals surface area contributed by atoms with E-state index in [0.717, 1.165) is 29.9 Å². The van der Waals surface area contributed by atoms with E-state index in [1.54, 1.807) is 7.05 Å². The Morgan fingerprint density at radius 2 is 2.22 bits per heavy atom. The summed E-state index contributed by atoms with van der Waals surface area (Å²) in [6.07, 6.45) is 4.29. The number of benzene rings is 1. The lowest BCUT2D eigenvalue weighted by atomic mass is 9.97. The summed E-state index contributed by atoms with van der Waals surface area (Å²) in [7, 11) is 3.96. The lowest BCUT2D eigenvalue weighted by Crippen LogP contribution is -2.24. The van der Waals surface area contributed by atoms with Crippen LogP contribution in [0.25, 0.3) is 0 Å². The highest BCUT2D eigenvalue weighted by Crippen LogP contribution is 2.27. The van der Waals surface area contributed by atoms with Gasteiger partial charge in [0.2, 0.25) is 0 Å². The minimum absolute atomic E-state index is 0.783. The number of fused-ring (bicyclic) bond motifs is 1. The van der Waals surface area contributed by atoms with E-state index in [1.165, 1.54) is 17.7 Å². The van der Waals surface area contributed by atoms with Gasteiger partial charge >= 0.3 is 0 Å². The Morgan fingerprint density at radius 1 is 1.44 bits per heavy atom. The van der Waals surface area contributed by atoms with E-state index in [-0.39, 0.29) is 0 Å². The molecule has 0 bridgehead atoms. The van der Waals surface area contributed by atoms with Crippen molar-refractivity contribution in [2.24, 2.45) is 10.7 Å². The van der Waals surface area contributed by atoms with Crippen molar-refractivity contribution in [2.75, 3.05) is 25.5 Å². The van der Waals surface area contributed by atoms with Crippen LogP contribution in [-0.4, -0.2) is 26.4 Å². The number of hydrogen-bond acceptors (Lipinski definition) is 3. The van der Waals surface area contributed by atoms with Crippen molar-refractivity contribution in [2.45, 2.75) is 19.8 Å². The first-order valence-electron chi connectivity index (χ1n) is 6.37. The molecule has 0 fully saturated rings. The Bertz CT molecular complexity index is 496. The summed E-state index contributed by atoms with van der Waals surface area (Å²) in [5.41, 5.74) is 11.4. The Kier molecular flexibility index (Phi) is 3.70. The molecule has 96 valence electrons. The third-order valence-corrected chi connectivity index (χ3v) is 3.33. The molecule has 2 rings (SSSR count). The Morgan fingerprint density at radius 3 is 2.89 bits per heavy atom. The molecule has 0 aliphatic carbocycles. The summed E-state index contributed by atoms with van der Waals surface area (Å²) in [5, 5.41) is 0. The number of nitrogens with zero attached hydrogens (tertiary/aromatic N) is 2. The van der Waals surface area contributed by atoms with Gasteiger partial charge in [-0.2, -0.15) is 0 Å². The van der Waals surface area contributed by atoms with E-state index < -0.39 is 0 Å². The Labute approximate surface area is 109 Å². The third-order valence-electron chi connectivity index (χ3n) is 3.33. The van der Waals surface area contributed by atoms with Crippen molar-refractivity contribution in [3.63, 3.8) is 0 Å². The van der Waals surface area contributed by atoms with Crippen LogP contribution in [0.2, 0.25) is 0 Å². The molecule has 1 heterocycles. The van der Waals surface area contributed by atoms with Gasteiger partial charge in [-0.25, -0.2) is 0 Å². The first-order chi connectivity index (χ1) is 8.61. The van der Waals surface area contributed by atoms with Crippen molar-refractivity contribution < 1.29 is 0 Å². The van der Waals surface area contributed by atoms with Crippen molar-refractivity contribution in [3.05, 3.63) is 41.1 Å². The van der Waals surface area contributed by atoms with Crippen molar-refractivity contribution in [1.82, 2.24) is 0 Å². The van der Waals surface area contributed by atoms with Gasteiger partial charge in [0.05, 0.1) is 5.71 Å². The molecular weight excluding hydrogens is 222 g/mol. The van der Waals surface area contributed by atoms with Gasteiger partial charge < -0.3 is 10.6 Å². The predicted octanol–water partition coefficient (Wildman–Crippen LogP) is 2.35. The Hall–Kier alpha value is -1.77. The number of allylic oxidation sites excluding steroid dienone is 2. The van der Waals surface area contributed by atoms with Crippen LogP contribution < -0.4 is 10.6 Å². The smallest absolute Gasteiger partial charge is 0.0660 e. The van der Waals surface area contributed by atoms with Crippen molar-refractivity contribution in [1.29, 1.82) is 0 Å². The lowest BCUT2D eigenvalue weighted by molar-refractivity contribution is 0.744. The third kappa shape index (κ3) is 2.55. The van der Waals surface area contributed by atoms with Crippen LogP contribution in [0, 0.1) is 0 Å². The monoisotopic (exact) mass is 243 g/mol. The molecule has 0 unspecified atom stereocenters. The van der Waals surface area contributed by atoms with Crippen LogP contribution in [-0.2, 0) is 6.42 Å². The van der Waals surface area contributed by atoms with Crippen LogP contribution in [0.3, 0.4) is 0 Å². The topological polar surface area (TPSA) is 41.6 Å². The Balaban J connectivity index is 2.39.